The smallest absolute Gasteiger partial charge is 0.261 e. The predicted octanol–water partition coefficient (Wildman–Crippen LogP) is 4.22. The second-order valence-corrected chi connectivity index (χ2v) is 6.42. The van der Waals surface area contributed by atoms with E-state index in [2.05, 4.69) is 11.4 Å². The van der Waals surface area contributed by atoms with Crippen LogP contribution in [0.3, 0.4) is 0 Å². The van der Waals surface area contributed by atoms with E-state index in [0.717, 1.165) is 41.0 Å². The first kappa shape index (κ1) is 19.8. The van der Waals surface area contributed by atoms with E-state index in [4.69, 9.17) is 9.47 Å². The summed E-state index contributed by atoms with van der Waals surface area (Å²) in [7, 11) is 1.68. The molecule has 4 heteroatoms. The minimum absolute atomic E-state index is 0.0616. The molecule has 0 saturated carbocycles. The van der Waals surface area contributed by atoms with Crippen LogP contribution in [0.15, 0.2) is 42.5 Å². The second-order valence-electron chi connectivity index (χ2n) is 6.42. The third-order valence-electron chi connectivity index (χ3n) is 4.60. The molecule has 2 aromatic rings. The molecule has 0 saturated heterocycles. The van der Waals surface area contributed by atoms with Gasteiger partial charge in [-0.2, -0.15) is 0 Å². The molecule has 0 spiro atoms. The van der Waals surface area contributed by atoms with Gasteiger partial charge in [0.25, 0.3) is 5.91 Å². The van der Waals surface area contributed by atoms with Crippen LogP contribution < -0.4 is 14.8 Å². The summed E-state index contributed by atoms with van der Waals surface area (Å²) in [6.07, 6.45) is 1.87. The van der Waals surface area contributed by atoms with E-state index in [1.54, 1.807) is 7.11 Å². The minimum Gasteiger partial charge on any atom is -0.496 e. The van der Waals surface area contributed by atoms with Crippen LogP contribution in [0, 0.1) is 13.8 Å². The van der Waals surface area contributed by atoms with Crippen molar-refractivity contribution in [3.63, 3.8) is 0 Å². The zero-order chi connectivity index (χ0) is 18.9. The fourth-order valence-corrected chi connectivity index (χ4v) is 2.84. The Morgan fingerprint density at radius 3 is 2.54 bits per heavy atom. The van der Waals surface area contributed by atoms with Crippen molar-refractivity contribution in [1.29, 1.82) is 0 Å². The van der Waals surface area contributed by atoms with E-state index in [-0.39, 0.29) is 5.91 Å². The summed E-state index contributed by atoms with van der Waals surface area (Å²) in [6.45, 7) is 6.64. The lowest BCUT2D eigenvalue weighted by molar-refractivity contribution is -0.128. The third-order valence-corrected chi connectivity index (χ3v) is 4.60. The number of amides is 1. The maximum absolute atomic E-state index is 12.4. The minimum atomic E-state index is -0.471. The van der Waals surface area contributed by atoms with Crippen LogP contribution in [-0.2, 0) is 11.2 Å². The van der Waals surface area contributed by atoms with Crippen molar-refractivity contribution in [3.05, 3.63) is 59.2 Å². The fourth-order valence-electron chi connectivity index (χ4n) is 2.84. The monoisotopic (exact) mass is 355 g/mol. The Bertz CT molecular complexity index is 727. The first-order chi connectivity index (χ1) is 12.6. The quantitative estimate of drug-likeness (QED) is 0.685. The standard InChI is InChI=1S/C22H29NO3/c1-5-19(26-20-14-8-10-16(2)17(20)3)22(24)23-15-9-12-18-11-6-7-13-21(18)25-4/h6-8,10-11,13-14,19H,5,9,12,15H2,1-4H3,(H,23,24). The van der Waals surface area contributed by atoms with Gasteiger partial charge in [-0.25, -0.2) is 0 Å². The fraction of sp³-hybridized carbons (Fsp3) is 0.409. The van der Waals surface area contributed by atoms with Gasteiger partial charge >= 0.3 is 0 Å². The van der Waals surface area contributed by atoms with Crippen molar-refractivity contribution in [1.82, 2.24) is 5.32 Å². The topological polar surface area (TPSA) is 47.6 Å². The number of methoxy groups -OCH3 is 1. The maximum Gasteiger partial charge on any atom is 0.261 e. The number of rotatable bonds is 9. The van der Waals surface area contributed by atoms with Gasteiger partial charge in [0.15, 0.2) is 6.10 Å². The lowest BCUT2D eigenvalue weighted by atomic mass is 10.1. The molecular formula is C22H29NO3. The molecule has 0 radical (unpaired) electrons. The molecule has 0 heterocycles. The van der Waals surface area contributed by atoms with Crippen LogP contribution in [0.4, 0.5) is 0 Å². The van der Waals surface area contributed by atoms with E-state index in [0.29, 0.717) is 13.0 Å². The zero-order valence-electron chi connectivity index (χ0n) is 16.2. The molecule has 0 aliphatic rings. The van der Waals surface area contributed by atoms with Gasteiger partial charge in [0.05, 0.1) is 7.11 Å². The lowest BCUT2D eigenvalue weighted by Gasteiger charge is -2.19. The summed E-state index contributed by atoms with van der Waals surface area (Å²) >= 11 is 0. The molecule has 0 fully saturated rings. The van der Waals surface area contributed by atoms with Crippen molar-refractivity contribution in [2.75, 3.05) is 13.7 Å². The third kappa shape index (κ3) is 5.25. The highest BCUT2D eigenvalue weighted by Gasteiger charge is 2.19. The van der Waals surface area contributed by atoms with Gasteiger partial charge < -0.3 is 14.8 Å². The molecule has 1 N–H and O–H groups in total. The van der Waals surface area contributed by atoms with E-state index in [1.165, 1.54) is 0 Å². The van der Waals surface area contributed by atoms with Gasteiger partial charge in [-0.1, -0.05) is 37.3 Å². The number of aryl methyl sites for hydroxylation is 2. The Balaban J connectivity index is 1.84. The zero-order valence-corrected chi connectivity index (χ0v) is 16.2. The van der Waals surface area contributed by atoms with Crippen LogP contribution in [0.5, 0.6) is 11.5 Å². The van der Waals surface area contributed by atoms with Gasteiger partial charge in [-0.05, 0) is 61.9 Å². The predicted molar refractivity (Wildman–Crippen MR) is 105 cm³/mol. The Labute approximate surface area is 156 Å². The Kier molecular flexibility index (Phi) is 7.52. The average Bonchev–Trinajstić information content (AvgIpc) is 2.66. The molecule has 0 aliphatic carbocycles. The molecule has 1 amide bonds. The first-order valence-electron chi connectivity index (χ1n) is 9.19. The summed E-state index contributed by atoms with van der Waals surface area (Å²) in [6, 6.07) is 13.9. The van der Waals surface area contributed by atoms with Crippen LogP contribution in [0.2, 0.25) is 0 Å². The molecule has 2 aromatic carbocycles. The maximum atomic E-state index is 12.4. The number of carbonyl (C=O) groups excluding carboxylic acids is 1. The molecule has 0 aromatic heterocycles. The van der Waals surface area contributed by atoms with Crippen LogP contribution in [0.25, 0.3) is 0 Å². The molecule has 2 rings (SSSR count). The first-order valence-corrected chi connectivity index (χ1v) is 9.19. The van der Waals surface area contributed by atoms with Crippen LogP contribution in [0.1, 0.15) is 36.5 Å². The summed E-state index contributed by atoms with van der Waals surface area (Å²) in [4.78, 5) is 12.4. The molecule has 1 unspecified atom stereocenters. The van der Waals surface area contributed by atoms with E-state index < -0.39 is 6.10 Å². The molecule has 0 aliphatic heterocycles. The van der Waals surface area contributed by atoms with Crippen LogP contribution in [-0.4, -0.2) is 25.7 Å². The van der Waals surface area contributed by atoms with Crippen molar-refractivity contribution >= 4 is 5.91 Å². The number of nitrogens with one attached hydrogen (secondary N) is 1. The molecule has 4 nitrogen and oxygen atoms in total. The molecule has 1 atom stereocenters. The number of carbonyl (C=O) groups is 1. The Morgan fingerprint density at radius 1 is 1.08 bits per heavy atom. The highest BCUT2D eigenvalue weighted by atomic mass is 16.5. The molecule has 140 valence electrons. The number of para-hydroxylation sites is 1. The van der Waals surface area contributed by atoms with Gasteiger partial charge in [0.1, 0.15) is 11.5 Å². The van der Waals surface area contributed by atoms with Crippen molar-refractivity contribution in [3.8, 4) is 11.5 Å². The van der Waals surface area contributed by atoms with Gasteiger partial charge in [0.2, 0.25) is 0 Å². The highest BCUT2D eigenvalue weighted by Crippen LogP contribution is 2.22. The number of ether oxygens (including phenoxy) is 2. The Morgan fingerprint density at radius 2 is 1.81 bits per heavy atom. The average molecular weight is 355 g/mol. The van der Waals surface area contributed by atoms with Gasteiger partial charge in [-0.15, -0.1) is 0 Å². The number of benzene rings is 2. The second kappa shape index (κ2) is 9.85. The number of hydrogen-bond donors (Lipinski definition) is 1. The van der Waals surface area contributed by atoms with E-state index >= 15 is 0 Å². The van der Waals surface area contributed by atoms with Crippen molar-refractivity contribution < 1.29 is 14.3 Å². The van der Waals surface area contributed by atoms with Crippen LogP contribution >= 0.6 is 0 Å². The lowest BCUT2D eigenvalue weighted by Crippen LogP contribution is -2.38. The van der Waals surface area contributed by atoms with Crippen molar-refractivity contribution in [2.24, 2.45) is 0 Å². The Hall–Kier alpha value is -2.49. The highest BCUT2D eigenvalue weighted by molar-refractivity contribution is 5.81. The van der Waals surface area contributed by atoms with E-state index in [1.807, 2.05) is 57.2 Å². The summed E-state index contributed by atoms with van der Waals surface area (Å²) in [5, 5.41) is 2.99. The van der Waals surface area contributed by atoms with E-state index in [9.17, 15) is 4.79 Å². The molecule has 0 bridgehead atoms. The normalized spacial score (nSPS) is 11.7. The summed E-state index contributed by atoms with van der Waals surface area (Å²) in [5.74, 6) is 1.61. The summed E-state index contributed by atoms with van der Waals surface area (Å²) in [5.41, 5.74) is 3.40. The molecular weight excluding hydrogens is 326 g/mol. The largest absolute Gasteiger partial charge is 0.496 e. The summed E-state index contributed by atoms with van der Waals surface area (Å²) < 4.78 is 11.3. The van der Waals surface area contributed by atoms with Gasteiger partial charge in [-0.3, -0.25) is 4.79 Å². The van der Waals surface area contributed by atoms with Gasteiger partial charge in [0, 0.05) is 6.54 Å². The van der Waals surface area contributed by atoms with Crippen molar-refractivity contribution in [2.45, 2.75) is 46.1 Å². The SMILES string of the molecule is CCC(Oc1cccc(C)c1C)C(=O)NCCCc1ccccc1OC. The molecule has 26 heavy (non-hydrogen) atoms. The number of hydrogen-bond acceptors (Lipinski definition) is 3.